The predicted octanol–water partition coefficient (Wildman–Crippen LogP) is 19.3. The van der Waals surface area contributed by atoms with E-state index in [1.54, 1.807) is 24.3 Å². The van der Waals surface area contributed by atoms with E-state index < -0.39 is 29.0 Å². The van der Waals surface area contributed by atoms with Gasteiger partial charge in [-0.05, 0) is 120 Å². The number of para-hydroxylation sites is 6. The zero-order valence-corrected chi connectivity index (χ0v) is 42.0. The van der Waals surface area contributed by atoms with Crippen LogP contribution >= 0.6 is 0 Å². The first kappa shape index (κ1) is 46.9. The average Bonchev–Trinajstić information content (AvgIpc) is 4.36. The normalized spacial score (nSPS) is 12.4. The average molecular weight is 1050 g/mol. The first-order valence-corrected chi connectivity index (χ1v) is 25.9. The van der Waals surface area contributed by atoms with E-state index in [1.807, 2.05) is 114 Å². The third-order valence-corrected chi connectivity index (χ3v) is 15.8. The van der Waals surface area contributed by atoms with Crippen LogP contribution in [0.25, 0.3) is 132 Å². The summed E-state index contributed by atoms with van der Waals surface area (Å²) < 4.78 is 96.7. The monoisotopic (exact) mass is 1050 g/mol. The Bertz CT molecular complexity index is 5030. The Kier molecular flexibility index (Phi) is 10.2. The van der Waals surface area contributed by atoms with Gasteiger partial charge in [-0.25, -0.2) is 0 Å². The number of fused-ring (bicyclic) bond motifs is 12. The van der Waals surface area contributed by atoms with Crippen LogP contribution in [0.4, 0.5) is 26.3 Å². The maximum Gasteiger partial charge on any atom is 0.417 e. The van der Waals surface area contributed by atoms with Crippen LogP contribution in [0.1, 0.15) is 16.7 Å². The lowest BCUT2D eigenvalue weighted by Gasteiger charge is -2.21. The molecule has 0 aliphatic carbocycles. The van der Waals surface area contributed by atoms with Crippen molar-refractivity contribution in [1.29, 1.82) is 5.26 Å². The molecule has 15 rings (SSSR count). The minimum atomic E-state index is -5.14. The summed E-state index contributed by atoms with van der Waals surface area (Å²) >= 11 is 0. The Morgan fingerprint density at radius 1 is 0.300 bits per heavy atom. The van der Waals surface area contributed by atoms with Gasteiger partial charge in [0.05, 0.1) is 78.3 Å². The molecular weight excluding hydrogens is 1010 g/mol. The molecule has 0 spiro atoms. The van der Waals surface area contributed by atoms with Gasteiger partial charge < -0.3 is 18.3 Å². The quantitative estimate of drug-likeness (QED) is 0.153. The summed E-state index contributed by atoms with van der Waals surface area (Å²) in [5.74, 6) is 0. The fourth-order valence-electron chi connectivity index (χ4n) is 12.5. The summed E-state index contributed by atoms with van der Waals surface area (Å²) in [5, 5.41) is 18.8. The summed E-state index contributed by atoms with van der Waals surface area (Å²) in [6.45, 7) is 0. The van der Waals surface area contributed by atoms with Gasteiger partial charge in [0.15, 0.2) is 0 Å². The molecule has 5 nitrogen and oxygen atoms in total. The van der Waals surface area contributed by atoms with Crippen molar-refractivity contribution in [3.05, 3.63) is 253 Å². The summed E-state index contributed by atoms with van der Waals surface area (Å²) in [7, 11) is 0. The smallest absolute Gasteiger partial charge is 0.309 e. The lowest BCUT2D eigenvalue weighted by molar-refractivity contribution is -0.142. The standard InChI is InChI=1S/C69H39F6N5/c70-68(71,72)43-27-31-46(57(37-43)69(73,74)75)42-26-30-53(67(36-42)80-63-24-12-6-18-52(63)56-39-45(29-34-66(56)80)78-60-21-9-3-15-49(60)50-16-4-10-22-61(50)78)54-35-41(40-76)25-32-64(54)79-62-23-11-5-17-51(62)55-38-44(28-33-65(55)79)77-58-19-7-1-13-47(58)48-14-2-8-20-59(48)77/h1-39H. The molecular formula is C69H39F6N5. The maximum absolute atomic E-state index is 15.2. The molecule has 0 atom stereocenters. The maximum atomic E-state index is 15.2. The van der Waals surface area contributed by atoms with Crippen LogP contribution in [0, 0.1) is 11.3 Å². The lowest BCUT2D eigenvalue weighted by Crippen LogP contribution is -2.12. The largest absolute Gasteiger partial charge is 0.417 e. The van der Waals surface area contributed by atoms with Crippen molar-refractivity contribution in [3.8, 4) is 51.1 Å². The van der Waals surface area contributed by atoms with Gasteiger partial charge in [0.1, 0.15) is 0 Å². The Hall–Kier alpha value is -10.3. The second-order valence-electron chi connectivity index (χ2n) is 20.2. The first-order chi connectivity index (χ1) is 38.9. The molecule has 0 aliphatic rings. The molecule has 0 radical (unpaired) electrons. The van der Waals surface area contributed by atoms with Gasteiger partial charge in [-0.15, -0.1) is 0 Å². The number of rotatable bonds is 6. The topological polar surface area (TPSA) is 43.5 Å². The minimum Gasteiger partial charge on any atom is -0.309 e. The van der Waals surface area contributed by atoms with Crippen LogP contribution in [-0.2, 0) is 12.4 Å². The Labute approximate surface area is 451 Å². The highest BCUT2D eigenvalue weighted by molar-refractivity contribution is 6.15. The molecule has 0 saturated heterocycles. The summed E-state index contributed by atoms with van der Waals surface area (Å²) in [5.41, 5.74) is 8.65. The van der Waals surface area contributed by atoms with Gasteiger partial charge in [0, 0.05) is 65.6 Å². The van der Waals surface area contributed by atoms with Gasteiger partial charge >= 0.3 is 12.4 Å². The van der Waals surface area contributed by atoms with E-state index >= 15 is 13.2 Å². The number of alkyl halides is 6. The number of hydrogen-bond acceptors (Lipinski definition) is 1. The number of aromatic nitrogens is 4. The molecule has 382 valence electrons. The molecule has 4 aromatic heterocycles. The highest BCUT2D eigenvalue weighted by atomic mass is 19.4. The molecule has 15 aromatic rings. The minimum absolute atomic E-state index is 0.0464. The van der Waals surface area contributed by atoms with Crippen LogP contribution < -0.4 is 0 Å². The molecule has 0 saturated carbocycles. The van der Waals surface area contributed by atoms with E-state index in [0.29, 0.717) is 34.1 Å². The number of hydrogen-bond donors (Lipinski definition) is 0. The van der Waals surface area contributed by atoms with Gasteiger partial charge in [0.2, 0.25) is 0 Å². The molecule has 0 N–H and O–H groups in total. The van der Waals surface area contributed by atoms with Crippen molar-refractivity contribution in [3.63, 3.8) is 0 Å². The fraction of sp³-hybridized carbons (Fsp3) is 0.0290. The van der Waals surface area contributed by atoms with E-state index in [-0.39, 0.29) is 11.6 Å². The molecule has 0 bridgehead atoms. The molecule has 0 aliphatic heterocycles. The third-order valence-electron chi connectivity index (χ3n) is 15.8. The van der Waals surface area contributed by atoms with E-state index in [0.717, 1.165) is 105 Å². The fourth-order valence-corrected chi connectivity index (χ4v) is 12.5. The van der Waals surface area contributed by atoms with Crippen LogP contribution in [0.15, 0.2) is 237 Å². The summed E-state index contributed by atoms with van der Waals surface area (Å²) in [6, 6.07) is 76.1. The van der Waals surface area contributed by atoms with Gasteiger partial charge in [-0.1, -0.05) is 127 Å². The van der Waals surface area contributed by atoms with Crippen LogP contribution in [-0.4, -0.2) is 18.3 Å². The Morgan fingerprint density at radius 3 is 1.14 bits per heavy atom. The molecule has 11 heteroatoms. The van der Waals surface area contributed by atoms with Gasteiger partial charge in [-0.3, -0.25) is 0 Å². The lowest BCUT2D eigenvalue weighted by atomic mass is 9.92. The van der Waals surface area contributed by atoms with E-state index in [1.165, 1.54) is 6.07 Å². The SMILES string of the molecule is N#Cc1ccc(-n2c3ccccc3c3cc(-n4c5ccccc5c5ccccc54)ccc32)c(-c2ccc(-c3ccc(C(F)(F)F)cc3C(F)(F)F)cc2-n2c3ccccc3c3cc(-n4c5ccccc5c5ccccc54)ccc32)c1. The molecule has 0 amide bonds. The summed E-state index contributed by atoms with van der Waals surface area (Å²) in [6.07, 6.45) is -10.2. The molecule has 80 heavy (non-hydrogen) atoms. The van der Waals surface area contributed by atoms with Crippen molar-refractivity contribution in [1.82, 2.24) is 18.3 Å². The number of benzene rings is 11. The number of halogens is 6. The van der Waals surface area contributed by atoms with E-state index in [4.69, 9.17) is 0 Å². The molecule has 4 heterocycles. The van der Waals surface area contributed by atoms with Gasteiger partial charge in [-0.2, -0.15) is 31.6 Å². The van der Waals surface area contributed by atoms with E-state index in [2.05, 4.69) is 98.6 Å². The van der Waals surface area contributed by atoms with Crippen molar-refractivity contribution < 1.29 is 26.3 Å². The molecule has 0 fully saturated rings. The zero-order chi connectivity index (χ0) is 54.2. The second-order valence-corrected chi connectivity index (χ2v) is 20.2. The summed E-state index contributed by atoms with van der Waals surface area (Å²) in [4.78, 5) is 0. The van der Waals surface area contributed by atoms with Crippen LogP contribution in [0.2, 0.25) is 0 Å². The number of nitrogens with zero attached hydrogens (tertiary/aromatic N) is 5. The highest BCUT2D eigenvalue weighted by Gasteiger charge is 2.39. The molecule has 11 aromatic carbocycles. The zero-order valence-electron chi connectivity index (χ0n) is 42.0. The van der Waals surface area contributed by atoms with Crippen molar-refractivity contribution in [2.45, 2.75) is 12.4 Å². The second kappa shape index (κ2) is 17.3. The third kappa shape index (κ3) is 7.05. The highest BCUT2D eigenvalue weighted by Crippen LogP contribution is 2.47. The van der Waals surface area contributed by atoms with Crippen molar-refractivity contribution in [2.75, 3.05) is 0 Å². The van der Waals surface area contributed by atoms with Crippen molar-refractivity contribution in [2.24, 2.45) is 0 Å². The predicted molar refractivity (Wildman–Crippen MR) is 309 cm³/mol. The Morgan fingerprint density at radius 2 is 0.700 bits per heavy atom. The van der Waals surface area contributed by atoms with Crippen LogP contribution in [0.3, 0.4) is 0 Å². The van der Waals surface area contributed by atoms with Crippen molar-refractivity contribution >= 4 is 87.2 Å². The van der Waals surface area contributed by atoms with E-state index in [9.17, 15) is 18.4 Å². The number of nitriles is 1. The Balaban J connectivity index is 1.01. The molecule has 0 unspecified atom stereocenters. The van der Waals surface area contributed by atoms with Gasteiger partial charge in [0.25, 0.3) is 0 Å². The van der Waals surface area contributed by atoms with Crippen LogP contribution in [0.5, 0.6) is 0 Å². The first-order valence-electron chi connectivity index (χ1n) is 25.9.